The standard InChI is InChI=1S/C12H16N2O3/c15-9-3-1-8(2-4-9)14-12(17)10-5-6-13-7-11(10)16/h5-9,15-16H,1-4H2,(H,14,17). The van der Waals surface area contributed by atoms with Gasteiger partial charge in [-0.2, -0.15) is 0 Å². The number of amides is 1. The largest absolute Gasteiger partial charge is 0.505 e. The molecule has 1 saturated carbocycles. The Morgan fingerprint density at radius 3 is 2.71 bits per heavy atom. The van der Waals surface area contributed by atoms with Gasteiger partial charge in [-0.3, -0.25) is 9.78 Å². The number of nitrogens with one attached hydrogen (secondary N) is 1. The second kappa shape index (κ2) is 5.14. The van der Waals surface area contributed by atoms with Crippen molar-refractivity contribution in [2.45, 2.75) is 37.8 Å². The Labute approximate surface area is 99.5 Å². The van der Waals surface area contributed by atoms with Gasteiger partial charge in [0.15, 0.2) is 0 Å². The Balaban J connectivity index is 1.96. The molecule has 0 radical (unpaired) electrons. The molecule has 2 rings (SSSR count). The van der Waals surface area contributed by atoms with Crippen molar-refractivity contribution in [3.63, 3.8) is 0 Å². The quantitative estimate of drug-likeness (QED) is 0.710. The lowest BCUT2D eigenvalue weighted by atomic mass is 9.93. The van der Waals surface area contributed by atoms with Gasteiger partial charge in [-0.05, 0) is 31.7 Å². The fourth-order valence-corrected chi connectivity index (χ4v) is 2.06. The molecule has 0 aromatic carbocycles. The van der Waals surface area contributed by atoms with Crippen molar-refractivity contribution in [2.24, 2.45) is 0 Å². The van der Waals surface area contributed by atoms with E-state index in [1.54, 1.807) is 0 Å². The van der Waals surface area contributed by atoms with Crippen LogP contribution in [0.1, 0.15) is 36.0 Å². The van der Waals surface area contributed by atoms with Crippen LogP contribution in [0.5, 0.6) is 5.75 Å². The second-order valence-electron chi connectivity index (χ2n) is 4.37. The van der Waals surface area contributed by atoms with Crippen molar-refractivity contribution in [3.8, 4) is 5.75 Å². The van der Waals surface area contributed by atoms with Crippen molar-refractivity contribution in [1.29, 1.82) is 0 Å². The van der Waals surface area contributed by atoms with E-state index in [4.69, 9.17) is 0 Å². The van der Waals surface area contributed by atoms with Crippen LogP contribution in [0, 0.1) is 0 Å². The molecular formula is C12H16N2O3. The number of carbonyl (C=O) groups is 1. The molecule has 0 unspecified atom stereocenters. The maximum atomic E-state index is 11.9. The summed E-state index contributed by atoms with van der Waals surface area (Å²) in [5.41, 5.74) is 0.242. The predicted octanol–water partition coefficient (Wildman–Crippen LogP) is 0.820. The SMILES string of the molecule is O=C(NC1CCC(O)CC1)c1ccncc1O. The van der Waals surface area contributed by atoms with Gasteiger partial charge in [-0.1, -0.05) is 0 Å². The summed E-state index contributed by atoms with van der Waals surface area (Å²) in [5.74, 6) is -0.396. The first kappa shape index (κ1) is 11.9. The molecule has 1 aromatic rings. The second-order valence-corrected chi connectivity index (χ2v) is 4.37. The molecule has 1 aliphatic carbocycles. The molecule has 1 amide bonds. The number of aliphatic hydroxyl groups excluding tert-OH is 1. The molecule has 92 valence electrons. The van der Waals surface area contributed by atoms with E-state index in [-0.39, 0.29) is 29.4 Å². The highest BCUT2D eigenvalue weighted by Crippen LogP contribution is 2.20. The Morgan fingerprint density at radius 2 is 2.06 bits per heavy atom. The number of aliphatic hydroxyl groups is 1. The Hall–Kier alpha value is -1.62. The van der Waals surface area contributed by atoms with Crippen molar-refractivity contribution < 1.29 is 15.0 Å². The van der Waals surface area contributed by atoms with Gasteiger partial charge >= 0.3 is 0 Å². The molecule has 1 heterocycles. The summed E-state index contributed by atoms with van der Waals surface area (Å²) in [5, 5.41) is 21.7. The van der Waals surface area contributed by atoms with Crippen molar-refractivity contribution >= 4 is 5.91 Å². The van der Waals surface area contributed by atoms with E-state index in [2.05, 4.69) is 10.3 Å². The van der Waals surface area contributed by atoms with Crippen LogP contribution in [-0.4, -0.2) is 33.3 Å². The molecule has 1 aromatic heterocycles. The summed E-state index contributed by atoms with van der Waals surface area (Å²) < 4.78 is 0. The zero-order valence-corrected chi connectivity index (χ0v) is 9.47. The molecule has 3 N–H and O–H groups in total. The minimum atomic E-state index is -0.286. The number of aromatic nitrogens is 1. The van der Waals surface area contributed by atoms with Crippen LogP contribution < -0.4 is 5.32 Å². The van der Waals surface area contributed by atoms with Gasteiger partial charge in [0, 0.05) is 12.2 Å². The number of pyridine rings is 1. The van der Waals surface area contributed by atoms with E-state index >= 15 is 0 Å². The number of aromatic hydroxyl groups is 1. The third-order valence-corrected chi connectivity index (χ3v) is 3.08. The summed E-state index contributed by atoms with van der Waals surface area (Å²) in [6.07, 6.45) is 5.47. The van der Waals surface area contributed by atoms with E-state index in [1.807, 2.05) is 0 Å². The molecule has 5 heteroatoms. The van der Waals surface area contributed by atoms with Crippen molar-refractivity contribution in [3.05, 3.63) is 24.0 Å². The van der Waals surface area contributed by atoms with Crippen LogP contribution in [0.2, 0.25) is 0 Å². The third kappa shape index (κ3) is 2.94. The molecule has 17 heavy (non-hydrogen) atoms. The van der Waals surface area contributed by atoms with Crippen molar-refractivity contribution in [2.75, 3.05) is 0 Å². The first-order valence-corrected chi connectivity index (χ1v) is 5.78. The Morgan fingerprint density at radius 1 is 1.35 bits per heavy atom. The summed E-state index contributed by atoms with van der Waals surface area (Å²) >= 11 is 0. The highest BCUT2D eigenvalue weighted by atomic mass is 16.3. The van der Waals surface area contributed by atoms with E-state index < -0.39 is 0 Å². The van der Waals surface area contributed by atoms with Crippen LogP contribution in [0.4, 0.5) is 0 Å². The zero-order chi connectivity index (χ0) is 12.3. The monoisotopic (exact) mass is 236 g/mol. The van der Waals surface area contributed by atoms with Crippen LogP contribution in [0.15, 0.2) is 18.5 Å². The molecule has 0 atom stereocenters. The molecule has 5 nitrogen and oxygen atoms in total. The fraction of sp³-hybridized carbons (Fsp3) is 0.500. The van der Waals surface area contributed by atoms with Gasteiger partial charge in [0.1, 0.15) is 5.75 Å². The first-order valence-electron chi connectivity index (χ1n) is 5.78. The minimum absolute atomic E-state index is 0.0819. The highest BCUT2D eigenvalue weighted by molar-refractivity contribution is 5.96. The predicted molar refractivity (Wildman–Crippen MR) is 61.6 cm³/mol. The average molecular weight is 236 g/mol. The average Bonchev–Trinajstić information content (AvgIpc) is 2.32. The Bertz CT molecular complexity index is 400. The van der Waals surface area contributed by atoms with Crippen LogP contribution in [-0.2, 0) is 0 Å². The minimum Gasteiger partial charge on any atom is -0.505 e. The van der Waals surface area contributed by atoms with Gasteiger partial charge in [0.2, 0.25) is 0 Å². The number of hydrogen-bond donors (Lipinski definition) is 3. The fourth-order valence-electron chi connectivity index (χ4n) is 2.06. The van der Waals surface area contributed by atoms with E-state index in [1.165, 1.54) is 18.5 Å². The van der Waals surface area contributed by atoms with E-state index in [9.17, 15) is 15.0 Å². The molecular weight excluding hydrogens is 220 g/mol. The van der Waals surface area contributed by atoms with Gasteiger partial charge in [-0.15, -0.1) is 0 Å². The molecule has 1 aliphatic rings. The number of rotatable bonds is 2. The van der Waals surface area contributed by atoms with Gasteiger partial charge in [0.25, 0.3) is 5.91 Å². The molecule has 0 bridgehead atoms. The van der Waals surface area contributed by atoms with E-state index in [0.29, 0.717) is 12.8 Å². The highest BCUT2D eigenvalue weighted by Gasteiger charge is 2.22. The Kier molecular flexibility index (Phi) is 3.58. The third-order valence-electron chi connectivity index (χ3n) is 3.08. The maximum absolute atomic E-state index is 11.9. The lowest BCUT2D eigenvalue weighted by molar-refractivity contribution is 0.0865. The maximum Gasteiger partial charge on any atom is 0.255 e. The topological polar surface area (TPSA) is 82.5 Å². The first-order chi connectivity index (χ1) is 8.16. The lowest BCUT2D eigenvalue weighted by Gasteiger charge is -2.26. The smallest absolute Gasteiger partial charge is 0.255 e. The van der Waals surface area contributed by atoms with Crippen LogP contribution >= 0.6 is 0 Å². The lowest BCUT2D eigenvalue weighted by Crippen LogP contribution is -2.38. The number of nitrogens with zero attached hydrogens (tertiary/aromatic N) is 1. The summed E-state index contributed by atoms with van der Waals surface area (Å²) in [6.45, 7) is 0. The van der Waals surface area contributed by atoms with Gasteiger partial charge < -0.3 is 15.5 Å². The van der Waals surface area contributed by atoms with Crippen LogP contribution in [0.3, 0.4) is 0 Å². The number of carbonyl (C=O) groups excluding carboxylic acids is 1. The normalized spacial score (nSPS) is 24.3. The summed E-state index contributed by atoms with van der Waals surface area (Å²) in [6, 6.07) is 1.57. The molecule has 0 spiro atoms. The zero-order valence-electron chi connectivity index (χ0n) is 9.47. The van der Waals surface area contributed by atoms with E-state index in [0.717, 1.165) is 12.8 Å². The summed E-state index contributed by atoms with van der Waals surface area (Å²) in [4.78, 5) is 15.6. The van der Waals surface area contributed by atoms with Crippen LogP contribution in [0.25, 0.3) is 0 Å². The summed E-state index contributed by atoms with van der Waals surface area (Å²) in [7, 11) is 0. The van der Waals surface area contributed by atoms with Crippen molar-refractivity contribution in [1.82, 2.24) is 10.3 Å². The van der Waals surface area contributed by atoms with Gasteiger partial charge in [-0.25, -0.2) is 0 Å². The molecule has 1 fully saturated rings. The number of hydrogen-bond acceptors (Lipinski definition) is 4. The molecule has 0 saturated heterocycles. The molecule has 0 aliphatic heterocycles. The van der Waals surface area contributed by atoms with Gasteiger partial charge in [0.05, 0.1) is 17.9 Å².